The van der Waals surface area contributed by atoms with Gasteiger partial charge in [-0.1, -0.05) is 0 Å². The second kappa shape index (κ2) is 6.57. The van der Waals surface area contributed by atoms with Gasteiger partial charge in [0.25, 0.3) is 0 Å². The molecule has 1 aliphatic heterocycles. The van der Waals surface area contributed by atoms with E-state index in [9.17, 15) is 9.90 Å². The van der Waals surface area contributed by atoms with Gasteiger partial charge in [-0.05, 0) is 37.0 Å². The van der Waals surface area contributed by atoms with Gasteiger partial charge in [0.05, 0.1) is 26.7 Å². The first-order valence-electron chi connectivity index (χ1n) is 7.91. The summed E-state index contributed by atoms with van der Waals surface area (Å²) in [4.78, 5) is 13.5. The van der Waals surface area contributed by atoms with Crippen molar-refractivity contribution in [2.45, 2.75) is 25.2 Å². The molecule has 120 valence electrons. The van der Waals surface area contributed by atoms with Gasteiger partial charge in [-0.3, -0.25) is 4.79 Å². The Balaban J connectivity index is 1.90. The first kappa shape index (κ1) is 15.2. The highest BCUT2D eigenvalue weighted by Gasteiger charge is 2.35. The van der Waals surface area contributed by atoms with Crippen molar-refractivity contribution in [3.8, 4) is 5.75 Å². The minimum absolute atomic E-state index is 0.0495. The Kier molecular flexibility index (Phi) is 4.52. The summed E-state index contributed by atoms with van der Waals surface area (Å²) in [5.41, 5.74) is 2.17. The Morgan fingerprint density at radius 3 is 2.73 bits per heavy atom. The number of carbonyl (C=O) groups is 1. The molecule has 1 aromatic carbocycles. The van der Waals surface area contributed by atoms with Crippen molar-refractivity contribution in [2.75, 3.05) is 38.3 Å². The summed E-state index contributed by atoms with van der Waals surface area (Å²) in [5.74, 6) is 0.587. The maximum atomic E-state index is 11.2. The molecule has 3 rings (SSSR count). The van der Waals surface area contributed by atoms with Crippen LogP contribution in [0.2, 0.25) is 0 Å². The maximum absolute atomic E-state index is 11.2. The molecular weight excluding hydrogens is 282 g/mol. The van der Waals surface area contributed by atoms with Gasteiger partial charge in [0.2, 0.25) is 0 Å². The number of ether oxygens (including phenoxy) is 2. The summed E-state index contributed by atoms with van der Waals surface area (Å²) in [6, 6.07) is 6.14. The highest BCUT2D eigenvalue weighted by atomic mass is 16.5. The lowest BCUT2D eigenvalue weighted by Crippen LogP contribution is -2.36. The van der Waals surface area contributed by atoms with E-state index in [0.29, 0.717) is 5.92 Å². The molecule has 0 radical (unpaired) electrons. The van der Waals surface area contributed by atoms with E-state index in [2.05, 4.69) is 17.0 Å². The molecule has 0 spiro atoms. The van der Waals surface area contributed by atoms with Crippen molar-refractivity contribution in [3.63, 3.8) is 0 Å². The summed E-state index contributed by atoms with van der Waals surface area (Å²) in [5, 5.41) is 9.24. The van der Waals surface area contributed by atoms with Gasteiger partial charge in [0.1, 0.15) is 5.75 Å². The van der Waals surface area contributed by atoms with E-state index in [0.717, 1.165) is 56.1 Å². The van der Waals surface area contributed by atoms with Crippen LogP contribution in [0.1, 0.15) is 30.7 Å². The zero-order valence-electron chi connectivity index (χ0n) is 13.0. The first-order chi connectivity index (χ1) is 10.7. The SMILES string of the molecule is COc1ccc(N2CCOCC2)cc1C(CC(=O)O)C1CC1. The number of hydrogen-bond acceptors (Lipinski definition) is 4. The largest absolute Gasteiger partial charge is 0.496 e. The zero-order chi connectivity index (χ0) is 15.5. The fourth-order valence-electron chi connectivity index (χ4n) is 3.25. The van der Waals surface area contributed by atoms with E-state index < -0.39 is 5.97 Å². The lowest BCUT2D eigenvalue weighted by atomic mass is 9.89. The molecule has 0 amide bonds. The van der Waals surface area contributed by atoms with E-state index in [4.69, 9.17) is 9.47 Å². The third-order valence-electron chi connectivity index (χ3n) is 4.57. The monoisotopic (exact) mass is 305 g/mol. The molecule has 2 aliphatic rings. The van der Waals surface area contributed by atoms with Gasteiger partial charge in [-0.25, -0.2) is 0 Å². The summed E-state index contributed by atoms with van der Waals surface area (Å²) in [6.45, 7) is 3.22. The Morgan fingerprint density at radius 2 is 2.14 bits per heavy atom. The number of morpholine rings is 1. The molecule has 0 aromatic heterocycles. The van der Waals surface area contributed by atoms with Crippen LogP contribution in [-0.2, 0) is 9.53 Å². The van der Waals surface area contributed by atoms with Gasteiger partial charge in [0.15, 0.2) is 0 Å². The summed E-state index contributed by atoms with van der Waals surface area (Å²) < 4.78 is 10.9. The number of hydrogen-bond donors (Lipinski definition) is 1. The fraction of sp³-hybridized carbons (Fsp3) is 0.588. The fourth-order valence-corrected chi connectivity index (χ4v) is 3.25. The van der Waals surface area contributed by atoms with Crippen LogP contribution in [0.25, 0.3) is 0 Å². The minimum Gasteiger partial charge on any atom is -0.496 e. The number of carboxylic acid groups (broad SMARTS) is 1. The van der Waals surface area contributed by atoms with Crippen LogP contribution < -0.4 is 9.64 Å². The molecule has 1 saturated carbocycles. The van der Waals surface area contributed by atoms with Crippen LogP contribution in [0.15, 0.2) is 18.2 Å². The molecule has 0 bridgehead atoms. The molecule has 1 N–H and O–H groups in total. The lowest BCUT2D eigenvalue weighted by molar-refractivity contribution is -0.137. The highest BCUT2D eigenvalue weighted by Crippen LogP contribution is 2.47. The van der Waals surface area contributed by atoms with E-state index in [1.165, 1.54) is 0 Å². The van der Waals surface area contributed by atoms with Crippen LogP contribution >= 0.6 is 0 Å². The van der Waals surface area contributed by atoms with Crippen molar-refractivity contribution in [2.24, 2.45) is 5.92 Å². The Hall–Kier alpha value is -1.75. The predicted molar refractivity (Wildman–Crippen MR) is 83.7 cm³/mol. The van der Waals surface area contributed by atoms with E-state index in [-0.39, 0.29) is 12.3 Å². The second-order valence-corrected chi connectivity index (χ2v) is 6.07. The summed E-state index contributed by atoms with van der Waals surface area (Å²) in [7, 11) is 1.65. The highest BCUT2D eigenvalue weighted by molar-refractivity contribution is 5.69. The number of nitrogens with zero attached hydrogens (tertiary/aromatic N) is 1. The van der Waals surface area contributed by atoms with Gasteiger partial charge in [-0.15, -0.1) is 0 Å². The smallest absolute Gasteiger partial charge is 0.303 e. The van der Waals surface area contributed by atoms with Crippen LogP contribution in [0.4, 0.5) is 5.69 Å². The molecule has 1 atom stereocenters. The van der Waals surface area contributed by atoms with Crippen LogP contribution in [-0.4, -0.2) is 44.5 Å². The van der Waals surface area contributed by atoms with Crippen molar-refractivity contribution >= 4 is 11.7 Å². The van der Waals surface area contributed by atoms with Crippen molar-refractivity contribution in [1.29, 1.82) is 0 Å². The molecule has 1 saturated heterocycles. The molecule has 5 nitrogen and oxygen atoms in total. The number of carboxylic acids is 1. The number of rotatable bonds is 6. The van der Waals surface area contributed by atoms with Crippen LogP contribution in [0, 0.1) is 5.92 Å². The van der Waals surface area contributed by atoms with E-state index >= 15 is 0 Å². The molecule has 5 heteroatoms. The quantitative estimate of drug-likeness (QED) is 0.875. The number of anilines is 1. The normalized spacial score (nSPS) is 19.8. The van der Waals surface area contributed by atoms with Crippen LogP contribution in [0.3, 0.4) is 0 Å². The second-order valence-electron chi connectivity index (χ2n) is 6.07. The molecular formula is C17H23NO4. The van der Waals surface area contributed by atoms with Gasteiger partial charge in [0, 0.05) is 30.3 Å². The van der Waals surface area contributed by atoms with E-state index in [1.54, 1.807) is 7.11 Å². The van der Waals surface area contributed by atoms with Crippen molar-refractivity contribution < 1.29 is 19.4 Å². The third-order valence-corrected chi connectivity index (χ3v) is 4.57. The molecule has 1 aromatic rings. The molecule has 22 heavy (non-hydrogen) atoms. The molecule has 1 unspecified atom stereocenters. The van der Waals surface area contributed by atoms with Gasteiger partial charge < -0.3 is 19.5 Å². The van der Waals surface area contributed by atoms with Gasteiger partial charge >= 0.3 is 5.97 Å². The topological polar surface area (TPSA) is 59.0 Å². The summed E-state index contributed by atoms with van der Waals surface area (Å²) in [6.07, 6.45) is 2.40. The van der Waals surface area contributed by atoms with Crippen molar-refractivity contribution in [3.05, 3.63) is 23.8 Å². The number of benzene rings is 1. The zero-order valence-corrected chi connectivity index (χ0v) is 13.0. The average Bonchev–Trinajstić information content (AvgIpc) is 3.37. The number of aliphatic carboxylic acids is 1. The third kappa shape index (κ3) is 3.35. The Morgan fingerprint density at radius 1 is 1.41 bits per heavy atom. The predicted octanol–water partition coefficient (Wildman–Crippen LogP) is 2.50. The molecule has 2 fully saturated rings. The number of methoxy groups -OCH3 is 1. The first-order valence-corrected chi connectivity index (χ1v) is 7.91. The Labute approximate surface area is 130 Å². The lowest BCUT2D eigenvalue weighted by Gasteiger charge is -2.30. The summed E-state index contributed by atoms with van der Waals surface area (Å²) >= 11 is 0. The van der Waals surface area contributed by atoms with Crippen molar-refractivity contribution in [1.82, 2.24) is 0 Å². The maximum Gasteiger partial charge on any atom is 0.303 e. The Bertz CT molecular complexity index is 535. The van der Waals surface area contributed by atoms with E-state index in [1.807, 2.05) is 6.07 Å². The minimum atomic E-state index is -0.740. The molecule has 1 aliphatic carbocycles. The average molecular weight is 305 g/mol. The molecule has 1 heterocycles. The van der Waals surface area contributed by atoms with Crippen LogP contribution in [0.5, 0.6) is 5.75 Å². The standard InChI is InChI=1S/C17H23NO4/c1-21-16-5-4-13(18-6-8-22-9-7-18)10-15(16)14(11-17(19)20)12-2-3-12/h4-5,10,12,14H,2-3,6-9,11H2,1H3,(H,19,20). The van der Waals surface area contributed by atoms with Gasteiger partial charge in [-0.2, -0.15) is 0 Å².